The maximum atomic E-state index is 12.8. The molecule has 0 radical (unpaired) electrons. The van der Waals surface area contributed by atoms with E-state index < -0.39 is 11.7 Å². The third-order valence-electron chi connectivity index (χ3n) is 4.46. The number of hydrogen-bond acceptors (Lipinski definition) is 2. The van der Waals surface area contributed by atoms with Crippen LogP contribution in [0.15, 0.2) is 60.8 Å². The number of rotatable bonds is 2. The van der Waals surface area contributed by atoms with E-state index in [4.69, 9.17) is 0 Å². The van der Waals surface area contributed by atoms with Gasteiger partial charge in [0.1, 0.15) is 5.82 Å². The van der Waals surface area contributed by atoms with Crippen LogP contribution in [0.5, 0.6) is 0 Å². The molecule has 2 aromatic carbocycles. The minimum atomic E-state index is -4.38. The van der Waals surface area contributed by atoms with Crippen LogP contribution in [0.2, 0.25) is 0 Å². The monoisotopic (exact) mass is 357 g/mol. The van der Waals surface area contributed by atoms with Gasteiger partial charge in [0.05, 0.1) is 17.4 Å². The van der Waals surface area contributed by atoms with Gasteiger partial charge >= 0.3 is 6.18 Å². The van der Waals surface area contributed by atoms with Gasteiger partial charge in [-0.3, -0.25) is 4.79 Å². The zero-order valence-electron chi connectivity index (χ0n) is 13.5. The van der Waals surface area contributed by atoms with Crippen molar-refractivity contribution in [2.75, 3.05) is 5.32 Å². The lowest BCUT2D eigenvalue weighted by Crippen LogP contribution is -2.24. The lowest BCUT2D eigenvalue weighted by molar-refractivity contribution is -0.137. The summed E-state index contributed by atoms with van der Waals surface area (Å²) >= 11 is 0. The molecule has 0 fully saturated rings. The minimum absolute atomic E-state index is 0.166. The predicted octanol–water partition coefficient (Wildman–Crippen LogP) is 4.37. The van der Waals surface area contributed by atoms with Crippen LogP contribution in [0.3, 0.4) is 0 Å². The molecule has 1 aliphatic rings. The molecular weight excluding hydrogens is 343 g/mol. The fourth-order valence-electron chi connectivity index (χ4n) is 3.19. The molecule has 0 spiro atoms. The Balaban J connectivity index is 1.75. The summed E-state index contributed by atoms with van der Waals surface area (Å²) < 4.78 is 40.0. The quantitative estimate of drug-likeness (QED) is 0.741. The van der Waals surface area contributed by atoms with Crippen LogP contribution >= 0.6 is 0 Å². The molecule has 0 saturated carbocycles. The number of alkyl halides is 3. The van der Waals surface area contributed by atoms with Crippen LogP contribution in [0.4, 0.5) is 19.0 Å². The summed E-state index contributed by atoms with van der Waals surface area (Å²) in [5.41, 5.74) is 1.53. The molecule has 0 saturated heterocycles. The van der Waals surface area contributed by atoms with E-state index in [0.717, 1.165) is 23.4 Å². The van der Waals surface area contributed by atoms with Gasteiger partial charge in [0.25, 0.3) is 0 Å². The normalized spacial score (nSPS) is 16.9. The van der Waals surface area contributed by atoms with Gasteiger partial charge in [-0.15, -0.1) is 0 Å². The molecule has 1 aliphatic heterocycles. The average molecular weight is 357 g/mol. The number of hydrogen-bond donors (Lipinski definition) is 1. The standard InChI is InChI=1S/C19H14F3N3O/c20-19(21,22)13-8-6-12(7-9-13)15-10-17(26)24-18-16(15)11-23-25(18)14-4-2-1-3-5-14/h1-9,11,15H,10H2,(H,24,26)/t15-/m1/s1. The average Bonchev–Trinajstić information content (AvgIpc) is 3.05. The second kappa shape index (κ2) is 6.01. The molecule has 2 heterocycles. The number of amides is 1. The summed E-state index contributed by atoms with van der Waals surface area (Å²) in [5.74, 6) is 0.0240. The van der Waals surface area contributed by atoms with Gasteiger partial charge in [-0.1, -0.05) is 30.3 Å². The highest BCUT2D eigenvalue weighted by Crippen LogP contribution is 2.39. The van der Waals surface area contributed by atoms with Gasteiger partial charge in [-0.05, 0) is 29.8 Å². The van der Waals surface area contributed by atoms with Crippen molar-refractivity contribution < 1.29 is 18.0 Å². The molecule has 3 aromatic rings. The summed E-state index contributed by atoms with van der Waals surface area (Å²) in [6, 6.07) is 14.3. The first-order valence-electron chi connectivity index (χ1n) is 8.04. The highest BCUT2D eigenvalue weighted by Gasteiger charge is 2.33. The SMILES string of the molecule is O=C1C[C@H](c2ccc(C(F)(F)F)cc2)c2cnn(-c3ccccc3)c2N1. The van der Waals surface area contributed by atoms with Crippen LogP contribution < -0.4 is 5.32 Å². The first-order valence-corrected chi connectivity index (χ1v) is 8.04. The Bertz CT molecular complexity index is 946. The van der Waals surface area contributed by atoms with Gasteiger partial charge in [-0.2, -0.15) is 18.3 Å². The summed E-state index contributed by atoms with van der Waals surface area (Å²) in [6.45, 7) is 0. The molecule has 4 rings (SSSR count). The second-order valence-corrected chi connectivity index (χ2v) is 6.12. The van der Waals surface area contributed by atoms with Crippen molar-refractivity contribution in [2.45, 2.75) is 18.5 Å². The van der Waals surface area contributed by atoms with E-state index >= 15 is 0 Å². The molecule has 7 heteroatoms. The van der Waals surface area contributed by atoms with Gasteiger partial charge in [0, 0.05) is 17.9 Å². The lowest BCUT2D eigenvalue weighted by Gasteiger charge is -2.24. The number of halogens is 3. The van der Waals surface area contributed by atoms with Crippen molar-refractivity contribution in [3.63, 3.8) is 0 Å². The van der Waals surface area contributed by atoms with Gasteiger partial charge in [0.2, 0.25) is 5.91 Å². The molecule has 0 bridgehead atoms. The number of nitrogens with one attached hydrogen (secondary N) is 1. The molecule has 132 valence electrons. The number of carbonyl (C=O) groups excluding carboxylic acids is 1. The van der Waals surface area contributed by atoms with Crippen molar-refractivity contribution in [3.05, 3.63) is 77.5 Å². The Morgan fingerprint density at radius 1 is 1.04 bits per heavy atom. The van der Waals surface area contributed by atoms with Crippen LogP contribution in [-0.2, 0) is 11.0 Å². The lowest BCUT2D eigenvalue weighted by atomic mass is 9.87. The topological polar surface area (TPSA) is 46.9 Å². The Labute approximate surface area is 147 Å². The molecule has 4 nitrogen and oxygen atoms in total. The summed E-state index contributed by atoms with van der Waals surface area (Å²) in [7, 11) is 0. The van der Waals surface area contributed by atoms with Crippen LogP contribution in [0.25, 0.3) is 5.69 Å². The number of aromatic nitrogens is 2. The van der Waals surface area contributed by atoms with E-state index in [-0.39, 0.29) is 18.2 Å². The minimum Gasteiger partial charge on any atom is -0.310 e. The third-order valence-corrected chi connectivity index (χ3v) is 4.46. The largest absolute Gasteiger partial charge is 0.416 e. The van der Waals surface area contributed by atoms with E-state index in [2.05, 4.69) is 10.4 Å². The van der Waals surface area contributed by atoms with Crippen LogP contribution in [0.1, 0.15) is 29.0 Å². The van der Waals surface area contributed by atoms with Gasteiger partial charge < -0.3 is 5.32 Å². The number of anilines is 1. The molecule has 1 atom stereocenters. The van der Waals surface area contributed by atoms with E-state index in [1.807, 2.05) is 30.3 Å². The van der Waals surface area contributed by atoms with Crippen molar-refractivity contribution >= 4 is 11.7 Å². The summed E-state index contributed by atoms with van der Waals surface area (Å²) in [4.78, 5) is 12.2. The van der Waals surface area contributed by atoms with Crippen molar-refractivity contribution in [1.82, 2.24) is 9.78 Å². The number of nitrogens with zero attached hydrogens (tertiary/aromatic N) is 2. The number of benzene rings is 2. The van der Waals surface area contributed by atoms with Crippen LogP contribution in [-0.4, -0.2) is 15.7 Å². The van der Waals surface area contributed by atoms with E-state index in [9.17, 15) is 18.0 Å². The van der Waals surface area contributed by atoms with Crippen molar-refractivity contribution in [2.24, 2.45) is 0 Å². The molecule has 26 heavy (non-hydrogen) atoms. The third kappa shape index (κ3) is 2.85. The zero-order valence-corrected chi connectivity index (χ0v) is 13.5. The van der Waals surface area contributed by atoms with Crippen molar-refractivity contribution in [3.8, 4) is 5.69 Å². The first kappa shape index (κ1) is 16.4. The predicted molar refractivity (Wildman–Crippen MR) is 90.1 cm³/mol. The molecule has 1 N–H and O–H groups in total. The maximum absolute atomic E-state index is 12.8. The number of para-hydroxylation sites is 1. The van der Waals surface area contributed by atoms with Gasteiger partial charge in [0.15, 0.2) is 0 Å². The fourth-order valence-corrected chi connectivity index (χ4v) is 3.19. The highest BCUT2D eigenvalue weighted by molar-refractivity contribution is 5.94. The maximum Gasteiger partial charge on any atom is 0.416 e. The molecular formula is C19H14F3N3O. The Morgan fingerprint density at radius 3 is 2.38 bits per heavy atom. The van der Waals surface area contributed by atoms with E-state index in [0.29, 0.717) is 11.4 Å². The zero-order chi connectivity index (χ0) is 18.3. The smallest absolute Gasteiger partial charge is 0.310 e. The fraction of sp³-hybridized carbons (Fsp3) is 0.158. The van der Waals surface area contributed by atoms with E-state index in [1.165, 1.54) is 12.1 Å². The van der Waals surface area contributed by atoms with Gasteiger partial charge in [-0.25, -0.2) is 4.68 Å². The van der Waals surface area contributed by atoms with E-state index in [1.54, 1.807) is 10.9 Å². The second-order valence-electron chi connectivity index (χ2n) is 6.12. The van der Waals surface area contributed by atoms with Crippen molar-refractivity contribution in [1.29, 1.82) is 0 Å². The molecule has 1 amide bonds. The summed E-state index contributed by atoms with van der Waals surface area (Å²) in [6.07, 6.45) is -2.56. The van der Waals surface area contributed by atoms with Crippen LogP contribution in [0, 0.1) is 0 Å². The first-order chi connectivity index (χ1) is 12.4. The Kier molecular flexibility index (Phi) is 3.79. The highest BCUT2D eigenvalue weighted by atomic mass is 19.4. The molecule has 0 unspecified atom stereocenters. The Hall–Kier alpha value is -3.09. The molecule has 0 aliphatic carbocycles. The summed E-state index contributed by atoms with van der Waals surface area (Å²) in [5, 5.41) is 7.18. The molecule has 1 aromatic heterocycles. The number of fused-ring (bicyclic) bond motifs is 1. The Morgan fingerprint density at radius 2 is 1.73 bits per heavy atom. The number of carbonyl (C=O) groups is 1.